The minimum Gasteiger partial charge on any atom is -0.476 e. The molecule has 10 heteroatoms. The van der Waals surface area contributed by atoms with Crippen molar-refractivity contribution in [1.82, 2.24) is 14.7 Å². The number of carboxylic acid groups (broad SMARTS) is 1. The molecule has 0 aliphatic carbocycles. The predicted octanol–water partition coefficient (Wildman–Crippen LogP) is 4.13. The summed E-state index contributed by atoms with van der Waals surface area (Å²) in [5.74, 6) is -1.20. The van der Waals surface area contributed by atoms with E-state index in [1.165, 1.54) is 9.58 Å². The predicted molar refractivity (Wildman–Crippen MR) is 101 cm³/mol. The first-order valence-corrected chi connectivity index (χ1v) is 9.33. The third-order valence-electron chi connectivity index (χ3n) is 4.13. The highest BCUT2D eigenvalue weighted by atomic mass is 35.5. The van der Waals surface area contributed by atoms with Gasteiger partial charge in [-0.25, -0.2) is 9.59 Å². The Labute approximate surface area is 170 Å². The van der Waals surface area contributed by atoms with Crippen molar-refractivity contribution in [1.29, 1.82) is 0 Å². The summed E-state index contributed by atoms with van der Waals surface area (Å²) in [4.78, 5) is 25.1. The number of aromatic carboxylic acids is 1. The van der Waals surface area contributed by atoms with E-state index in [1.807, 2.05) is 0 Å². The smallest absolute Gasteiger partial charge is 0.410 e. The van der Waals surface area contributed by atoms with Crippen molar-refractivity contribution in [3.63, 3.8) is 0 Å². The summed E-state index contributed by atoms with van der Waals surface area (Å²) >= 11 is 18.0. The number of amides is 1. The Morgan fingerprint density at radius 1 is 1.15 bits per heavy atom. The van der Waals surface area contributed by atoms with Crippen LogP contribution in [0.4, 0.5) is 4.79 Å². The number of halogens is 3. The summed E-state index contributed by atoms with van der Waals surface area (Å²) in [5, 5.41) is 14.2. The van der Waals surface area contributed by atoms with E-state index in [9.17, 15) is 9.59 Å². The molecule has 0 fully saturated rings. The second kappa shape index (κ2) is 8.37. The molecule has 0 spiro atoms. The van der Waals surface area contributed by atoms with Gasteiger partial charge in [-0.2, -0.15) is 5.10 Å². The summed E-state index contributed by atoms with van der Waals surface area (Å²) in [6, 6.07) is 5.16. The summed E-state index contributed by atoms with van der Waals surface area (Å²) in [5.41, 5.74) is 1.15. The molecule has 0 radical (unpaired) electrons. The van der Waals surface area contributed by atoms with Gasteiger partial charge in [0.2, 0.25) is 0 Å². The number of hydrogen-bond donors (Lipinski definition) is 1. The number of aromatic nitrogens is 2. The number of rotatable bonds is 4. The second-order valence-corrected chi connectivity index (χ2v) is 7.31. The average Bonchev–Trinajstić information content (AvgIpc) is 2.77. The molecule has 1 aromatic heterocycles. The van der Waals surface area contributed by atoms with E-state index in [2.05, 4.69) is 5.10 Å². The van der Waals surface area contributed by atoms with Crippen LogP contribution in [0.3, 0.4) is 0 Å². The van der Waals surface area contributed by atoms with E-state index in [4.69, 9.17) is 44.6 Å². The fourth-order valence-electron chi connectivity index (χ4n) is 2.88. The van der Waals surface area contributed by atoms with Gasteiger partial charge < -0.3 is 14.7 Å². The summed E-state index contributed by atoms with van der Waals surface area (Å²) < 4.78 is 6.88. The molecular formula is C17H16Cl3N3O4. The SMILES string of the molecule is O=C(O)c1nn2c(c1Cl)CN(C(=O)OCCc1cc(Cl)cc(Cl)c1)CCC2. The molecule has 1 aliphatic heterocycles. The van der Waals surface area contributed by atoms with Crippen molar-refractivity contribution in [3.05, 3.63) is 50.2 Å². The van der Waals surface area contributed by atoms with Gasteiger partial charge in [-0.1, -0.05) is 34.8 Å². The molecule has 3 rings (SSSR count). The Bertz CT molecular complexity index is 864. The normalized spacial score (nSPS) is 13.8. The van der Waals surface area contributed by atoms with E-state index < -0.39 is 12.1 Å². The van der Waals surface area contributed by atoms with Gasteiger partial charge in [-0.15, -0.1) is 0 Å². The second-order valence-electron chi connectivity index (χ2n) is 6.05. The maximum atomic E-state index is 12.4. The van der Waals surface area contributed by atoms with Crippen molar-refractivity contribution in [2.45, 2.75) is 25.9 Å². The minimum absolute atomic E-state index is 0.0516. The van der Waals surface area contributed by atoms with Crippen molar-refractivity contribution in [2.24, 2.45) is 0 Å². The summed E-state index contributed by atoms with van der Waals surface area (Å²) in [6.07, 6.45) is 0.593. The van der Waals surface area contributed by atoms with Gasteiger partial charge in [-0.3, -0.25) is 4.68 Å². The van der Waals surface area contributed by atoms with Crippen LogP contribution >= 0.6 is 34.8 Å². The number of ether oxygens (including phenoxy) is 1. The molecule has 27 heavy (non-hydrogen) atoms. The van der Waals surface area contributed by atoms with Crippen LogP contribution in [0.25, 0.3) is 0 Å². The Morgan fingerprint density at radius 2 is 1.85 bits per heavy atom. The third-order valence-corrected chi connectivity index (χ3v) is 4.97. The minimum atomic E-state index is -1.20. The number of aryl methyl sites for hydroxylation is 1. The lowest BCUT2D eigenvalue weighted by atomic mass is 10.2. The molecule has 2 heterocycles. The number of nitrogens with zero attached hydrogens (tertiary/aromatic N) is 3. The molecule has 1 aromatic carbocycles. The highest BCUT2D eigenvalue weighted by Crippen LogP contribution is 2.25. The number of benzene rings is 1. The first kappa shape index (κ1) is 19.8. The number of hydrogen-bond acceptors (Lipinski definition) is 4. The fourth-order valence-corrected chi connectivity index (χ4v) is 3.72. The lowest BCUT2D eigenvalue weighted by Gasteiger charge is -2.19. The van der Waals surface area contributed by atoms with Crippen LogP contribution < -0.4 is 0 Å². The molecular weight excluding hydrogens is 417 g/mol. The van der Waals surface area contributed by atoms with Gasteiger partial charge in [0.1, 0.15) is 0 Å². The molecule has 0 atom stereocenters. The molecule has 0 saturated heterocycles. The van der Waals surface area contributed by atoms with E-state index in [0.29, 0.717) is 41.7 Å². The fraction of sp³-hybridized carbons (Fsp3) is 0.353. The van der Waals surface area contributed by atoms with Gasteiger partial charge in [0.15, 0.2) is 5.69 Å². The molecule has 0 unspecified atom stereocenters. The van der Waals surface area contributed by atoms with Crippen LogP contribution in [-0.4, -0.2) is 45.0 Å². The van der Waals surface area contributed by atoms with E-state index in [0.717, 1.165) is 5.56 Å². The Hall–Kier alpha value is -1.96. The topological polar surface area (TPSA) is 84.7 Å². The van der Waals surface area contributed by atoms with Gasteiger partial charge in [0.25, 0.3) is 0 Å². The van der Waals surface area contributed by atoms with Crippen LogP contribution in [0.1, 0.15) is 28.2 Å². The summed E-state index contributed by atoms with van der Waals surface area (Å²) in [6.45, 7) is 1.25. The molecule has 0 bridgehead atoms. The zero-order valence-corrected chi connectivity index (χ0v) is 16.4. The van der Waals surface area contributed by atoms with Crippen LogP contribution in [0.5, 0.6) is 0 Å². The van der Waals surface area contributed by atoms with Crippen molar-refractivity contribution >= 4 is 46.9 Å². The number of carboxylic acids is 1. The molecule has 0 saturated carbocycles. The van der Waals surface area contributed by atoms with Crippen LogP contribution in [0.15, 0.2) is 18.2 Å². The van der Waals surface area contributed by atoms with Crippen LogP contribution in [0.2, 0.25) is 15.1 Å². The quantitative estimate of drug-likeness (QED) is 0.785. The van der Waals surface area contributed by atoms with Gasteiger partial charge in [-0.05, 0) is 30.2 Å². The van der Waals surface area contributed by atoms with Crippen molar-refractivity contribution in [2.75, 3.05) is 13.2 Å². The van der Waals surface area contributed by atoms with Crippen LogP contribution in [0, 0.1) is 0 Å². The van der Waals surface area contributed by atoms with E-state index in [1.54, 1.807) is 18.2 Å². The average molecular weight is 433 g/mol. The van der Waals surface area contributed by atoms with E-state index >= 15 is 0 Å². The Balaban J connectivity index is 1.62. The monoisotopic (exact) mass is 431 g/mol. The first-order valence-electron chi connectivity index (χ1n) is 8.20. The van der Waals surface area contributed by atoms with Crippen molar-refractivity contribution in [3.8, 4) is 0 Å². The van der Waals surface area contributed by atoms with E-state index in [-0.39, 0.29) is 23.9 Å². The highest BCUT2D eigenvalue weighted by molar-refractivity contribution is 6.34. The molecule has 144 valence electrons. The van der Waals surface area contributed by atoms with Crippen LogP contribution in [-0.2, 0) is 24.2 Å². The Morgan fingerprint density at radius 3 is 2.52 bits per heavy atom. The molecule has 7 nitrogen and oxygen atoms in total. The zero-order valence-electron chi connectivity index (χ0n) is 14.1. The highest BCUT2D eigenvalue weighted by Gasteiger charge is 2.27. The first-order chi connectivity index (χ1) is 12.8. The lowest BCUT2D eigenvalue weighted by molar-refractivity contribution is 0.0689. The maximum absolute atomic E-state index is 12.4. The number of carbonyl (C=O) groups excluding carboxylic acids is 1. The van der Waals surface area contributed by atoms with Crippen molar-refractivity contribution < 1.29 is 19.4 Å². The molecule has 1 aliphatic rings. The molecule has 1 amide bonds. The Kier molecular flexibility index (Phi) is 6.14. The lowest BCUT2D eigenvalue weighted by Crippen LogP contribution is -2.31. The zero-order chi connectivity index (χ0) is 19.6. The summed E-state index contributed by atoms with van der Waals surface area (Å²) in [7, 11) is 0. The largest absolute Gasteiger partial charge is 0.476 e. The van der Waals surface area contributed by atoms with Gasteiger partial charge >= 0.3 is 12.1 Å². The number of fused-ring (bicyclic) bond motifs is 1. The van der Waals surface area contributed by atoms with Gasteiger partial charge in [0, 0.05) is 29.6 Å². The standard InChI is InChI=1S/C17H16Cl3N3O4/c18-11-6-10(7-12(19)8-11)2-5-27-17(26)22-3-1-4-23-13(9-22)14(20)15(21-23)16(24)25/h6-8H,1-5,9H2,(H,24,25). The molecule has 2 aromatic rings. The van der Waals surface area contributed by atoms with Gasteiger partial charge in [0.05, 0.1) is 23.9 Å². The third kappa shape index (κ3) is 4.66. The number of carbonyl (C=O) groups is 2. The molecule has 1 N–H and O–H groups in total. The maximum Gasteiger partial charge on any atom is 0.410 e.